The van der Waals surface area contributed by atoms with Crippen LogP contribution in [0.2, 0.25) is 0 Å². The third-order valence-corrected chi connectivity index (χ3v) is 4.74. The van der Waals surface area contributed by atoms with E-state index in [1.54, 1.807) is 24.3 Å². The second-order valence-electron chi connectivity index (χ2n) is 4.94. The van der Waals surface area contributed by atoms with Crippen molar-refractivity contribution in [3.8, 4) is 0 Å². The first-order chi connectivity index (χ1) is 10.0. The largest absolute Gasteiger partial charge is 0.394 e. The average Bonchev–Trinajstić information content (AvgIpc) is 2.83. The van der Waals surface area contributed by atoms with Gasteiger partial charge in [-0.05, 0) is 12.1 Å². The summed E-state index contributed by atoms with van der Waals surface area (Å²) in [7, 11) is 0. The molecule has 1 aliphatic rings. The van der Waals surface area contributed by atoms with Gasteiger partial charge in [-0.1, -0.05) is 23.7 Å². The van der Waals surface area contributed by atoms with Crippen LogP contribution in [0.15, 0.2) is 29.1 Å². The normalized spacial score (nSPS) is 33.4. The van der Waals surface area contributed by atoms with Gasteiger partial charge in [-0.2, -0.15) is 0 Å². The summed E-state index contributed by atoms with van der Waals surface area (Å²) in [5.74, 6) is 0. The number of hydrogen-bond acceptors (Lipinski definition) is 7. The molecule has 0 radical (unpaired) electrons. The van der Waals surface area contributed by atoms with Crippen LogP contribution in [0.1, 0.15) is 6.23 Å². The smallest absolute Gasteiger partial charge is 0.270 e. The summed E-state index contributed by atoms with van der Waals surface area (Å²) in [6, 6.07) is 6.95. The van der Waals surface area contributed by atoms with Gasteiger partial charge in [-0.15, -0.1) is 0 Å². The zero-order valence-electron chi connectivity index (χ0n) is 10.9. The van der Waals surface area contributed by atoms with E-state index in [4.69, 9.17) is 4.74 Å². The van der Waals surface area contributed by atoms with Crippen molar-refractivity contribution in [3.05, 3.63) is 34.6 Å². The molecule has 1 aliphatic heterocycles. The molecular formula is C13H15NO6S. The van der Waals surface area contributed by atoms with Gasteiger partial charge in [0, 0.05) is 0 Å². The standard InChI is InChI=1S/C13H15NO6S/c15-5-7-9(16)10(17)11(18)13(20-7)14-12(19)6-3-1-2-4-8(6)21-14/h1-4,7,9-11,13,15-18H,5H2/t7?,9-,10?,11?,13+/m0/s1. The van der Waals surface area contributed by atoms with Gasteiger partial charge < -0.3 is 25.2 Å². The summed E-state index contributed by atoms with van der Waals surface area (Å²) in [6.45, 7) is -0.527. The van der Waals surface area contributed by atoms with E-state index in [2.05, 4.69) is 0 Å². The van der Waals surface area contributed by atoms with Gasteiger partial charge in [0.1, 0.15) is 24.4 Å². The quantitative estimate of drug-likeness (QED) is 0.568. The number of rotatable bonds is 2. The number of benzene rings is 1. The highest BCUT2D eigenvalue weighted by atomic mass is 32.1. The predicted molar refractivity (Wildman–Crippen MR) is 75.1 cm³/mol. The summed E-state index contributed by atoms with van der Waals surface area (Å²) < 4.78 is 7.33. The van der Waals surface area contributed by atoms with Crippen LogP contribution in [0, 0.1) is 0 Å². The minimum Gasteiger partial charge on any atom is -0.394 e. The van der Waals surface area contributed by atoms with E-state index < -0.39 is 37.3 Å². The SMILES string of the molecule is O=c1c2ccccc2sn1[C@@H]1OC(CO)[C@H](O)C(O)C1O. The molecule has 114 valence electrons. The molecule has 0 saturated carbocycles. The van der Waals surface area contributed by atoms with Gasteiger partial charge >= 0.3 is 0 Å². The summed E-state index contributed by atoms with van der Waals surface area (Å²) in [4.78, 5) is 12.3. The fraction of sp³-hybridized carbons (Fsp3) is 0.462. The lowest BCUT2D eigenvalue weighted by Crippen LogP contribution is -2.57. The van der Waals surface area contributed by atoms with Gasteiger partial charge in [0.05, 0.1) is 16.7 Å². The zero-order chi connectivity index (χ0) is 15.1. The predicted octanol–water partition coefficient (Wildman–Crippen LogP) is -0.965. The molecule has 0 amide bonds. The van der Waals surface area contributed by atoms with Crippen molar-refractivity contribution in [2.45, 2.75) is 30.6 Å². The minimum atomic E-state index is -1.50. The molecule has 1 saturated heterocycles. The number of nitrogens with zero attached hydrogens (tertiary/aromatic N) is 1. The zero-order valence-corrected chi connectivity index (χ0v) is 11.7. The summed E-state index contributed by atoms with van der Waals surface area (Å²) >= 11 is 1.09. The average molecular weight is 313 g/mol. The van der Waals surface area contributed by atoms with Crippen molar-refractivity contribution in [1.29, 1.82) is 0 Å². The van der Waals surface area contributed by atoms with E-state index in [0.717, 1.165) is 16.2 Å². The van der Waals surface area contributed by atoms with Gasteiger partial charge in [0.25, 0.3) is 5.56 Å². The number of aliphatic hydroxyl groups is 4. The van der Waals surface area contributed by atoms with Crippen molar-refractivity contribution >= 4 is 21.6 Å². The number of hydrogen-bond donors (Lipinski definition) is 4. The van der Waals surface area contributed by atoms with Crippen LogP contribution in [-0.4, -0.2) is 55.4 Å². The summed E-state index contributed by atoms with van der Waals surface area (Å²) in [5.41, 5.74) is -0.347. The van der Waals surface area contributed by atoms with Crippen molar-refractivity contribution in [2.24, 2.45) is 0 Å². The molecule has 8 heteroatoms. The van der Waals surface area contributed by atoms with Crippen LogP contribution < -0.4 is 5.56 Å². The van der Waals surface area contributed by atoms with E-state index in [1.165, 1.54) is 3.96 Å². The fourth-order valence-corrected chi connectivity index (χ4v) is 3.50. The maximum Gasteiger partial charge on any atom is 0.270 e. The summed E-state index contributed by atoms with van der Waals surface area (Å²) in [6.07, 6.45) is -6.59. The number of aromatic nitrogens is 1. The van der Waals surface area contributed by atoms with Crippen molar-refractivity contribution in [3.63, 3.8) is 0 Å². The molecule has 2 heterocycles. The molecule has 0 spiro atoms. The van der Waals surface area contributed by atoms with Crippen LogP contribution in [-0.2, 0) is 4.74 Å². The Labute approximate surface area is 123 Å². The van der Waals surface area contributed by atoms with Gasteiger partial charge in [0.15, 0.2) is 6.23 Å². The lowest BCUT2D eigenvalue weighted by atomic mass is 9.98. The molecule has 3 unspecified atom stereocenters. The first-order valence-corrected chi connectivity index (χ1v) is 7.23. The molecule has 1 fully saturated rings. The number of aliphatic hydroxyl groups excluding tert-OH is 4. The lowest BCUT2D eigenvalue weighted by Gasteiger charge is -2.39. The van der Waals surface area contributed by atoms with Crippen LogP contribution in [0.25, 0.3) is 10.1 Å². The third kappa shape index (κ3) is 2.30. The van der Waals surface area contributed by atoms with Gasteiger partial charge in [-0.3, -0.25) is 4.79 Å². The fourth-order valence-electron chi connectivity index (χ4n) is 2.43. The molecule has 7 nitrogen and oxygen atoms in total. The molecule has 21 heavy (non-hydrogen) atoms. The van der Waals surface area contributed by atoms with E-state index >= 15 is 0 Å². The minimum absolute atomic E-state index is 0.347. The van der Waals surface area contributed by atoms with Crippen molar-refractivity contribution in [1.82, 2.24) is 3.96 Å². The second-order valence-corrected chi connectivity index (χ2v) is 5.95. The van der Waals surface area contributed by atoms with Crippen molar-refractivity contribution < 1.29 is 25.2 Å². The van der Waals surface area contributed by atoms with E-state index in [9.17, 15) is 25.2 Å². The first kappa shape index (κ1) is 14.6. The van der Waals surface area contributed by atoms with Gasteiger partial charge in [0.2, 0.25) is 0 Å². The molecule has 4 N–H and O–H groups in total. The second kappa shape index (κ2) is 5.48. The molecule has 1 aromatic carbocycles. The van der Waals surface area contributed by atoms with Crippen molar-refractivity contribution in [2.75, 3.05) is 6.61 Å². The van der Waals surface area contributed by atoms with E-state index in [-0.39, 0.29) is 5.56 Å². The number of ether oxygens (including phenoxy) is 1. The molecular weight excluding hydrogens is 298 g/mol. The Kier molecular flexibility index (Phi) is 3.82. The Morgan fingerprint density at radius 2 is 1.86 bits per heavy atom. The Morgan fingerprint density at radius 1 is 1.14 bits per heavy atom. The Morgan fingerprint density at radius 3 is 2.52 bits per heavy atom. The molecule has 0 bridgehead atoms. The monoisotopic (exact) mass is 313 g/mol. The van der Waals surface area contributed by atoms with E-state index in [0.29, 0.717) is 5.39 Å². The van der Waals surface area contributed by atoms with E-state index in [1.807, 2.05) is 0 Å². The molecule has 2 aromatic rings. The highest BCUT2D eigenvalue weighted by molar-refractivity contribution is 7.13. The maximum absolute atomic E-state index is 12.3. The Bertz CT molecular complexity index is 695. The lowest BCUT2D eigenvalue weighted by molar-refractivity contribution is -0.249. The molecule has 0 aliphatic carbocycles. The molecule has 5 atom stereocenters. The summed E-state index contributed by atoms with van der Waals surface area (Å²) in [5, 5.41) is 39.3. The van der Waals surface area contributed by atoms with Crippen LogP contribution in [0.5, 0.6) is 0 Å². The Balaban J connectivity index is 2.05. The topological polar surface area (TPSA) is 112 Å². The highest BCUT2D eigenvalue weighted by Gasteiger charge is 2.45. The van der Waals surface area contributed by atoms with Gasteiger partial charge in [-0.25, -0.2) is 3.96 Å². The van der Waals surface area contributed by atoms with Crippen LogP contribution in [0.4, 0.5) is 0 Å². The molecule has 3 rings (SSSR count). The Hall–Kier alpha value is -1.29. The highest BCUT2D eigenvalue weighted by Crippen LogP contribution is 2.30. The number of fused-ring (bicyclic) bond motifs is 1. The third-order valence-electron chi connectivity index (χ3n) is 3.61. The first-order valence-electron chi connectivity index (χ1n) is 6.45. The molecule has 1 aromatic heterocycles. The van der Waals surface area contributed by atoms with Crippen LogP contribution >= 0.6 is 11.5 Å². The van der Waals surface area contributed by atoms with Crippen LogP contribution in [0.3, 0.4) is 0 Å². The maximum atomic E-state index is 12.3.